The number of unbranched alkanes of at least 4 members (excludes halogenated alkanes) is 3. The molecule has 44 heavy (non-hydrogen) atoms. The molecule has 1 aliphatic rings. The maximum atomic E-state index is 12.1. The molecule has 0 aromatic heterocycles. The average molecular weight is 651 g/mol. The fourth-order valence-corrected chi connectivity index (χ4v) is 6.38. The Hall–Kier alpha value is -2.30. The van der Waals surface area contributed by atoms with Crippen LogP contribution in [0.3, 0.4) is 0 Å². The predicted molar refractivity (Wildman–Crippen MR) is 162 cm³/mol. The zero-order chi connectivity index (χ0) is 32.8. The van der Waals surface area contributed by atoms with E-state index in [0.717, 1.165) is 32.1 Å². The summed E-state index contributed by atoms with van der Waals surface area (Å²) in [5, 5.41) is 5.50. The molecule has 0 radical (unpaired) electrons. The summed E-state index contributed by atoms with van der Waals surface area (Å²) in [4.78, 5) is 47.6. The minimum absolute atomic E-state index is 0.0457. The van der Waals surface area contributed by atoms with E-state index in [9.17, 15) is 19.2 Å². The molecule has 0 aromatic rings. The lowest BCUT2D eigenvalue weighted by Gasteiger charge is -2.24. The fraction of sp³-hybridized carbons (Fsp3) is 0.862. The molecule has 2 N–H and O–H groups in total. The molecule has 0 aliphatic carbocycles. The van der Waals surface area contributed by atoms with Gasteiger partial charge in [0.1, 0.15) is 12.7 Å². The molecule has 15 heteroatoms. The van der Waals surface area contributed by atoms with Crippen LogP contribution in [-0.2, 0) is 51.3 Å². The quantitative estimate of drug-likeness (QED) is 0.0680. The highest BCUT2D eigenvalue weighted by molar-refractivity contribution is 6.60. The van der Waals surface area contributed by atoms with Crippen LogP contribution >= 0.6 is 0 Å². The topological polar surface area (TPSA) is 166 Å². The first-order valence-electron chi connectivity index (χ1n) is 15.5. The third-order valence-corrected chi connectivity index (χ3v) is 9.90. The molecule has 2 amide bonds. The van der Waals surface area contributed by atoms with E-state index in [4.69, 9.17) is 37.0 Å². The highest BCUT2D eigenvalue weighted by Gasteiger charge is 2.37. The van der Waals surface area contributed by atoms with Gasteiger partial charge in [-0.25, -0.2) is 4.79 Å². The van der Waals surface area contributed by atoms with Gasteiger partial charge in [0.25, 0.3) is 0 Å². The van der Waals surface area contributed by atoms with Crippen molar-refractivity contribution >= 4 is 32.7 Å². The third kappa shape index (κ3) is 17.3. The Morgan fingerprint density at radius 3 is 2.18 bits per heavy atom. The van der Waals surface area contributed by atoms with Crippen molar-refractivity contribution in [1.29, 1.82) is 0 Å². The molecule has 0 spiro atoms. The average Bonchev–Trinajstić information content (AvgIpc) is 3.36. The molecule has 14 nitrogen and oxygen atoms in total. The van der Waals surface area contributed by atoms with Gasteiger partial charge in [0, 0.05) is 66.8 Å². The number of hydrogen-bond acceptors (Lipinski definition) is 12. The maximum absolute atomic E-state index is 12.1. The molecule has 0 aromatic carbocycles. The second kappa shape index (κ2) is 23.1. The van der Waals surface area contributed by atoms with Crippen LogP contribution in [0, 0.1) is 0 Å². The third-order valence-electron chi connectivity index (χ3n) is 7.06. The molecule has 0 bridgehead atoms. The summed E-state index contributed by atoms with van der Waals surface area (Å²) in [5.74, 6) is -1.06. The first-order valence-corrected chi connectivity index (χ1v) is 17.4. The highest BCUT2D eigenvalue weighted by Crippen LogP contribution is 2.25. The number of nitrogens with one attached hydrogen (secondary N) is 2. The Morgan fingerprint density at radius 2 is 1.57 bits per heavy atom. The minimum Gasteiger partial charge on any atom is -0.459 e. The molecular formula is C29H54N2O12Si. The second-order valence-corrected chi connectivity index (χ2v) is 13.7. The molecule has 256 valence electrons. The molecule has 1 fully saturated rings. The number of amides is 2. The van der Waals surface area contributed by atoms with Crippen LogP contribution < -0.4 is 10.6 Å². The van der Waals surface area contributed by atoms with E-state index in [1.807, 2.05) is 13.8 Å². The van der Waals surface area contributed by atoms with Crippen molar-refractivity contribution in [2.24, 2.45) is 0 Å². The molecule has 1 aliphatic heterocycles. The summed E-state index contributed by atoms with van der Waals surface area (Å²) in [5.41, 5.74) is 0. The van der Waals surface area contributed by atoms with E-state index >= 15 is 0 Å². The number of rotatable bonds is 24. The molecule has 4 atom stereocenters. The standard InChI is InChI=1S/C29H54N2O12Si/c1-7-25-26(19-22(2)41-25)43-28(34)14-13-27(33)30-15-10-8-9-11-16-31-29(35)40-21-24(42-23(3)32)20-39-17-12-18-44(36-4,37-5)38-6/h22,24-26H,7-21H2,1-6H3,(H,30,33)(H,31,35)/t22-,24?,25+,26+/m0/s1. The maximum Gasteiger partial charge on any atom is 0.500 e. The van der Waals surface area contributed by atoms with Gasteiger partial charge >= 0.3 is 26.8 Å². The van der Waals surface area contributed by atoms with E-state index in [-0.39, 0.29) is 56.2 Å². The summed E-state index contributed by atoms with van der Waals surface area (Å²) in [7, 11) is 1.96. The molecule has 1 heterocycles. The zero-order valence-corrected chi connectivity index (χ0v) is 28.3. The van der Waals surface area contributed by atoms with Crippen LogP contribution in [-0.4, -0.2) is 111 Å². The van der Waals surface area contributed by atoms with Gasteiger partial charge < -0.3 is 47.6 Å². The first-order chi connectivity index (χ1) is 21.1. The summed E-state index contributed by atoms with van der Waals surface area (Å²) in [6.07, 6.45) is 3.88. The Bertz CT molecular complexity index is 837. The lowest BCUT2D eigenvalue weighted by atomic mass is 10.1. The van der Waals surface area contributed by atoms with E-state index < -0.39 is 27.0 Å². The number of ether oxygens (including phenoxy) is 5. The van der Waals surface area contributed by atoms with E-state index in [1.54, 1.807) is 21.3 Å². The van der Waals surface area contributed by atoms with Gasteiger partial charge in [-0.15, -0.1) is 0 Å². The van der Waals surface area contributed by atoms with Crippen molar-refractivity contribution in [1.82, 2.24) is 10.6 Å². The van der Waals surface area contributed by atoms with Gasteiger partial charge in [0.2, 0.25) is 5.91 Å². The molecule has 1 unspecified atom stereocenters. The summed E-state index contributed by atoms with van der Waals surface area (Å²) in [6, 6.07) is 0.566. The number of esters is 2. The fourth-order valence-electron chi connectivity index (χ4n) is 4.69. The molecule has 1 rings (SSSR count). The Kier molecular flexibility index (Phi) is 20.8. The number of carbonyl (C=O) groups is 4. The normalized spacial score (nSPS) is 18.8. The minimum atomic E-state index is -2.67. The van der Waals surface area contributed by atoms with Gasteiger partial charge in [-0.05, 0) is 32.6 Å². The number of hydrogen-bond donors (Lipinski definition) is 2. The van der Waals surface area contributed by atoms with Gasteiger partial charge in [-0.2, -0.15) is 0 Å². The van der Waals surface area contributed by atoms with Crippen molar-refractivity contribution in [3.8, 4) is 0 Å². The Labute approximate surface area is 262 Å². The molecule has 0 saturated carbocycles. The van der Waals surface area contributed by atoms with Crippen molar-refractivity contribution in [3.05, 3.63) is 0 Å². The SMILES string of the molecule is CC[C@H]1O[C@@H](C)C[C@H]1OC(=O)CCC(=O)NCCCCCCNC(=O)OCC(COCCC[Si](OC)(OC)OC)OC(C)=O. The van der Waals surface area contributed by atoms with Crippen molar-refractivity contribution in [3.63, 3.8) is 0 Å². The van der Waals surface area contributed by atoms with E-state index in [1.165, 1.54) is 6.92 Å². The van der Waals surface area contributed by atoms with Gasteiger partial charge in [-0.3, -0.25) is 14.4 Å². The van der Waals surface area contributed by atoms with E-state index in [2.05, 4.69) is 10.6 Å². The summed E-state index contributed by atoms with van der Waals surface area (Å²) < 4.78 is 43.3. The van der Waals surface area contributed by atoms with Crippen LogP contribution in [0.2, 0.25) is 6.04 Å². The number of carbonyl (C=O) groups excluding carboxylic acids is 4. The molecular weight excluding hydrogens is 596 g/mol. The Balaban J connectivity index is 2.09. The number of alkyl carbamates (subject to hydrolysis) is 1. The van der Waals surface area contributed by atoms with Gasteiger partial charge in [0.15, 0.2) is 6.10 Å². The first kappa shape index (κ1) is 39.7. The van der Waals surface area contributed by atoms with Crippen LogP contribution in [0.5, 0.6) is 0 Å². The van der Waals surface area contributed by atoms with Crippen LogP contribution in [0.25, 0.3) is 0 Å². The van der Waals surface area contributed by atoms with Crippen molar-refractivity contribution in [2.75, 3.05) is 54.2 Å². The summed E-state index contributed by atoms with van der Waals surface area (Å²) >= 11 is 0. The van der Waals surface area contributed by atoms with E-state index in [0.29, 0.717) is 38.6 Å². The van der Waals surface area contributed by atoms with Gasteiger partial charge in [0.05, 0.1) is 25.2 Å². The molecule has 1 saturated heterocycles. The van der Waals surface area contributed by atoms with Crippen molar-refractivity contribution in [2.45, 2.75) is 109 Å². The van der Waals surface area contributed by atoms with Crippen LogP contribution in [0.15, 0.2) is 0 Å². The Morgan fingerprint density at radius 1 is 0.909 bits per heavy atom. The monoisotopic (exact) mass is 650 g/mol. The highest BCUT2D eigenvalue weighted by atomic mass is 28.4. The van der Waals surface area contributed by atoms with Crippen LogP contribution in [0.1, 0.15) is 78.6 Å². The predicted octanol–water partition coefficient (Wildman–Crippen LogP) is 2.89. The lowest BCUT2D eigenvalue weighted by Crippen LogP contribution is -2.42. The van der Waals surface area contributed by atoms with Gasteiger partial charge in [-0.1, -0.05) is 19.8 Å². The largest absolute Gasteiger partial charge is 0.500 e. The second-order valence-electron chi connectivity index (χ2n) is 10.7. The zero-order valence-electron chi connectivity index (χ0n) is 27.3. The lowest BCUT2D eigenvalue weighted by molar-refractivity contribution is -0.153. The summed E-state index contributed by atoms with van der Waals surface area (Å²) in [6.45, 7) is 6.48. The van der Waals surface area contributed by atoms with Crippen molar-refractivity contribution < 1.29 is 56.1 Å². The smallest absolute Gasteiger partial charge is 0.459 e. The van der Waals surface area contributed by atoms with Crippen LogP contribution in [0.4, 0.5) is 4.79 Å².